The maximum absolute atomic E-state index is 13.2. The smallest absolute Gasteiger partial charge is 0.406 e. The molecule has 2 aromatic carbocycles. The van der Waals surface area contributed by atoms with Crippen LogP contribution in [-0.2, 0) is 26.0 Å². The van der Waals surface area contributed by atoms with Crippen LogP contribution in [0.25, 0.3) is 0 Å². The van der Waals surface area contributed by atoms with Crippen LogP contribution in [0.1, 0.15) is 24.0 Å². The Morgan fingerprint density at radius 1 is 1.09 bits per heavy atom. The highest BCUT2D eigenvalue weighted by atomic mass is 32.2. The molecule has 2 atom stereocenters. The lowest BCUT2D eigenvalue weighted by Crippen LogP contribution is -2.49. The number of sulfonamides is 1. The molecule has 0 spiro atoms. The van der Waals surface area contributed by atoms with Crippen LogP contribution in [0.3, 0.4) is 0 Å². The van der Waals surface area contributed by atoms with Gasteiger partial charge in [-0.2, -0.15) is 4.31 Å². The van der Waals surface area contributed by atoms with Gasteiger partial charge in [-0.15, -0.1) is 13.2 Å². The topological polar surface area (TPSA) is 72.9 Å². The average Bonchev–Trinajstić information content (AvgIpc) is 2.74. The van der Waals surface area contributed by atoms with Crippen LogP contribution in [0.5, 0.6) is 5.75 Å². The molecule has 0 aliphatic carbocycles. The van der Waals surface area contributed by atoms with E-state index < -0.39 is 22.4 Å². The summed E-state index contributed by atoms with van der Waals surface area (Å²) in [5, 5.41) is 0. The van der Waals surface area contributed by atoms with E-state index in [1.807, 2.05) is 6.92 Å². The molecule has 1 aliphatic rings. The first-order chi connectivity index (χ1) is 15.5. The highest BCUT2D eigenvalue weighted by molar-refractivity contribution is 7.89. The van der Waals surface area contributed by atoms with Crippen molar-refractivity contribution in [2.45, 2.75) is 43.5 Å². The molecule has 180 valence electrons. The van der Waals surface area contributed by atoms with Crippen molar-refractivity contribution in [3.05, 3.63) is 59.7 Å². The first-order valence-electron chi connectivity index (χ1n) is 10.4. The maximum atomic E-state index is 13.2. The second-order valence-corrected chi connectivity index (χ2v) is 9.98. The Labute approximate surface area is 191 Å². The third-order valence-corrected chi connectivity index (χ3v) is 7.61. The Bertz CT molecular complexity index is 1050. The number of ketones is 1. The number of rotatable bonds is 8. The third-order valence-electron chi connectivity index (χ3n) is 5.64. The number of nitrogens with zero attached hydrogens (tertiary/aromatic N) is 1. The second-order valence-electron chi connectivity index (χ2n) is 8.09. The number of hydrogen-bond donors (Lipinski definition) is 0. The van der Waals surface area contributed by atoms with Gasteiger partial charge in [0.25, 0.3) is 0 Å². The molecule has 0 unspecified atom stereocenters. The molecule has 3 rings (SSSR count). The largest absolute Gasteiger partial charge is 0.573 e. The SMILES string of the molecule is COC[C@H]1C[C@H](C(=O)Cc2ccc(OC(F)(F)F)cc2)CCN1S(=O)(=O)c1ccc(C)cc1. The molecule has 33 heavy (non-hydrogen) atoms. The van der Waals surface area contributed by atoms with E-state index >= 15 is 0 Å². The maximum Gasteiger partial charge on any atom is 0.573 e. The Kier molecular flexibility index (Phi) is 7.81. The summed E-state index contributed by atoms with van der Waals surface area (Å²) < 4.78 is 73.7. The van der Waals surface area contributed by atoms with Crippen LogP contribution in [0.2, 0.25) is 0 Å². The molecule has 2 aromatic rings. The molecule has 6 nitrogen and oxygen atoms in total. The number of methoxy groups -OCH3 is 1. The zero-order valence-electron chi connectivity index (χ0n) is 18.3. The number of carbonyl (C=O) groups is 1. The minimum absolute atomic E-state index is 0.0430. The minimum atomic E-state index is -4.78. The first-order valence-corrected chi connectivity index (χ1v) is 11.9. The summed E-state index contributed by atoms with van der Waals surface area (Å²) >= 11 is 0. The van der Waals surface area contributed by atoms with Crippen molar-refractivity contribution < 1.29 is 35.9 Å². The summed E-state index contributed by atoms with van der Waals surface area (Å²) in [4.78, 5) is 13.1. The lowest BCUT2D eigenvalue weighted by molar-refractivity contribution is -0.274. The molecule has 1 saturated heterocycles. The summed E-state index contributed by atoms with van der Waals surface area (Å²) in [6, 6.07) is 11.3. The van der Waals surface area contributed by atoms with Crippen molar-refractivity contribution in [2.24, 2.45) is 5.92 Å². The van der Waals surface area contributed by atoms with Crippen molar-refractivity contribution in [1.82, 2.24) is 4.31 Å². The molecule has 0 aromatic heterocycles. The van der Waals surface area contributed by atoms with E-state index in [4.69, 9.17) is 4.74 Å². The standard InChI is InChI=1S/C23H26F3NO5S/c1-16-3-9-21(10-4-16)33(29,30)27-12-11-18(14-19(27)15-31-2)22(28)13-17-5-7-20(8-6-17)32-23(24,25)26/h3-10,18-19H,11-15H2,1-2H3/t18-,19-/m1/s1. The summed E-state index contributed by atoms with van der Waals surface area (Å²) in [5.74, 6) is -0.817. The molecule has 1 heterocycles. The molecule has 0 N–H and O–H groups in total. The van der Waals surface area contributed by atoms with Crippen molar-refractivity contribution in [1.29, 1.82) is 0 Å². The molecule has 1 fully saturated rings. The summed E-state index contributed by atoms with van der Waals surface area (Å²) in [7, 11) is -2.26. The number of piperidine rings is 1. The highest BCUT2D eigenvalue weighted by Crippen LogP contribution is 2.31. The molecular weight excluding hydrogens is 459 g/mol. The molecule has 0 amide bonds. The fourth-order valence-corrected chi connectivity index (χ4v) is 5.62. The van der Waals surface area contributed by atoms with Gasteiger partial charge in [0.2, 0.25) is 10.0 Å². The number of benzene rings is 2. The van der Waals surface area contributed by atoms with Crippen molar-refractivity contribution in [2.75, 3.05) is 20.3 Å². The predicted octanol–water partition coefficient (Wildman–Crippen LogP) is 4.12. The van der Waals surface area contributed by atoms with Gasteiger partial charge in [-0.1, -0.05) is 29.8 Å². The lowest BCUT2D eigenvalue weighted by atomic mass is 9.86. The van der Waals surface area contributed by atoms with Gasteiger partial charge >= 0.3 is 6.36 Å². The Hall–Kier alpha value is -2.43. The van der Waals surface area contributed by atoms with Crippen LogP contribution in [0, 0.1) is 12.8 Å². The zero-order chi connectivity index (χ0) is 24.2. The number of halogens is 3. The van der Waals surface area contributed by atoms with Gasteiger partial charge in [0.15, 0.2) is 0 Å². The van der Waals surface area contributed by atoms with Gasteiger partial charge in [-0.3, -0.25) is 4.79 Å². The summed E-state index contributed by atoms with van der Waals surface area (Å²) in [6.07, 6.45) is -4.06. The van der Waals surface area contributed by atoms with Crippen LogP contribution < -0.4 is 4.74 Å². The van der Waals surface area contributed by atoms with Crippen molar-refractivity contribution in [3.63, 3.8) is 0 Å². The van der Waals surface area contributed by atoms with Crippen LogP contribution in [-0.4, -0.2) is 51.2 Å². The molecule has 0 bridgehead atoms. The monoisotopic (exact) mass is 485 g/mol. The fourth-order valence-electron chi connectivity index (χ4n) is 3.98. The molecule has 1 aliphatic heterocycles. The Balaban J connectivity index is 1.68. The number of aryl methyl sites for hydroxylation is 1. The van der Waals surface area contributed by atoms with E-state index in [0.717, 1.165) is 5.56 Å². The zero-order valence-corrected chi connectivity index (χ0v) is 19.2. The second kappa shape index (κ2) is 10.2. The molecule has 0 saturated carbocycles. The Morgan fingerprint density at radius 3 is 2.30 bits per heavy atom. The van der Waals surface area contributed by atoms with Crippen LogP contribution in [0.4, 0.5) is 13.2 Å². The van der Waals surface area contributed by atoms with E-state index in [-0.39, 0.29) is 41.9 Å². The summed E-state index contributed by atoms with van der Waals surface area (Å²) in [6.45, 7) is 2.20. The first kappa shape index (κ1) is 25.2. The number of carbonyl (C=O) groups excluding carboxylic acids is 1. The highest BCUT2D eigenvalue weighted by Gasteiger charge is 2.39. The van der Waals surface area contributed by atoms with E-state index in [2.05, 4.69) is 4.74 Å². The average molecular weight is 486 g/mol. The van der Waals surface area contributed by atoms with Crippen molar-refractivity contribution >= 4 is 15.8 Å². The van der Waals surface area contributed by atoms with Crippen LogP contribution >= 0.6 is 0 Å². The number of alkyl halides is 3. The van der Waals surface area contributed by atoms with E-state index in [0.29, 0.717) is 18.4 Å². The lowest BCUT2D eigenvalue weighted by Gasteiger charge is -2.37. The van der Waals surface area contributed by atoms with Gasteiger partial charge < -0.3 is 9.47 Å². The third kappa shape index (κ3) is 6.55. The Morgan fingerprint density at radius 2 is 1.73 bits per heavy atom. The minimum Gasteiger partial charge on any atom is -0.406 e. The van der Waals surface area contributed by atoms with Crippen molar-refractivity contribution in [3.8, 4) is 5.75 Å². The van der Waals surface area contributed by atoms with Gasteiger partial charge in [0.1, 0.15) is 11.5 Å². The van der Waals surface area contributed by atoms with Crippen LogP contribution in [0.15, 0.2) is 53.4 Å². The number of ether oxygens (including phenoxy) is 2. The van der Waals surface area contributed by atoms with Gasteiger partial charge in [0, 0.05) is 32.0 Å². The van der Waals surface area contributed by atoms with Gasteiger partial charge in [-0.25, -0.2) is 8.42 Å². The molecular formula is C23H26F3NO5S. The van der Waals surface area contributed by atoms with E-state index in [1.165, 1.54) is 35.7 Å². The fraction of sp³-hybridized carbons (Fsp3) is 0.435. The van der Waals surface area contributed by atoms with Gasteiger partial charge in [-0.05, 0) is 49.6 Å². The molecule has 0 radical (unpaired) electrons. The normalized spacial score (nSPS) is 19.9. The quantitative estimate of drug-likeness (QED) is 0.563. The predicted molar refractivity (Wildman–Crippen MR) is 115 cm³/mol. The van der Waals surface area contributed by atoms with E-state index in [1.54, 1.807) is 24.3 Å². The number of Topliss-reactive ketones (excluding diaryl/α,β-unsaturated/α-hetero) is 1. The summed E-state index contributed by atoms with van der Waals surface area (Å²) in [5.41, 5.74) is 1.51. The van der Waals surface area contributed by atoms with E-state index in [9.17, 15) is 26.4 Å². The van der Waals surface area contributed by atoms with Gasteiger partial charge in [0.05, 0.1) is 11.5 Å². The number of hydrogen-bond acceptors (Lipinski definition) is 5. The molecule has 10 heteroatoms.